The summed E-state index contributed by atoms with van der Waals surface area (Å²) in [7, 11) is 1.57. The van der Waals surface area contributed by atoms with Crippen LogP contribution < -0.4 is 5.32 Å². The van der Waals surface area contributed by atoms with Crippen molar-refractivity contribution in [2.45, 2.75) is 25.1 Å². The summed E-state index contributed by atoms with van der Waals surface area (Å²) in [6.45, 7) is 0.940. The minimum atomic E-state index is -4.10. The molecule has 2 atom stereocenters. The van der Waals surface area contributed by atoms with Gasteiger partial charge >= 0.3 is 6.18 Å². The molecule has 0 aliphatic carbocycles. The molecule has 1 rings (SSSR count). The predicted molar refractivity (Wildman–Crippen MR) is 49.7 cm³/mol. The molecule has 6 heteroatoms. The van der Waals surface area contributed by atoms with Crippen molar-refractivity contribution in [3.8, 4) is 0 Å². The molecule has 0 radical (unpaired) electrons. The van der Waals surface area contributed by atoms with Crippen molar-refractivity contribution in [3.63, 3.8) is 0 Å². The lowest BCUT2D eigenvalue weighted by Crippen LogP contribution is -2.48. The van der Waals surface area contributed by atoms with E-state index in [1.165, 1.54) is 0 Å². The number of methoxy groups -OCH3 is 1. The van der Waals surface area contributed by atoms with E-state index in [0.29, 0.717) is 19.6 Å². The van der Waals surface area contributed by atoms with E-state index < -0.39 is 12.2 Å². The normalized spacial score (nSPS) is 28.3. The number of rotatable bonds is 2. The topological polar surface area (TPSA) is 21.3 Å². The molecule has 0 aromatic rings. The maximum absolute atomic E-state index is 12.2. The van der Waals surface area contributed by atoms with Crippen LogP contribution in [-0.4, -0.2) is 32.5 Å². The Morgan fingerprint density at radius 1 is 1.36 bits per heavy atom. The van der Waals surface area contributed by atoms with Crippen LogP contribution in [0.25, 0.3) is 0 Å². The molecular formula is C8H15ClF3NO. The number of alkyl halides is 3. The van der Waals surface area contributed by atoms with Gasteiger partial charge in [-0.25, -0.2) is 0 Å². The summed E-state index contributed by atoms with van der Waals surface area (Å²) in [6, 6.07) is -1.32. The van der Waals surface area contributed by atoms with E-state index in [0.717, 1.165) is 0 Å². The Morgan fingerprint density at radius 3 is 2.36 bits per heavy atom. The fourth-order valence-corrected chi connectivity index (χ4v) is 1.57. The van der Waals surface area contributed by atoms with E-state index in [1.807, 2.05) is 0 Å². The van der Waals surface area contributed by atoms with E-state index in [1.54, 1.807) is 7.11 Å². The third kappa shape index (κ3) is 4.02. The molecule has 1 fully saturated rings. The molecule has 0 saturated carbocycles. The van der Waals surface area contributed by atoms with Gasteiger partial charge in [0.15, 0.2) is 0 Å². The Morgan fingerprint density at radius 2 is 2.00 bits per heavy atom. The molecule has 0 bridgehead atoms. The number of piperidine rings is 1. The van der Waals surface area contributed by atoms with Gasteiger partial charge in [-0.2, -0.15) is 13.2 Å². The summed E-state index contributed by atoms with van der Waals surface area (Å²) in [6.07, 6.45) is -3.35. The molecule has 1 N–H and O–H groups in total. The van der Waals surface area contributed by atoms with Gasteiger partial charge in [0.2, 0.25) is 0 Å². The Hall–Kier alpha value is 0. The van der Waals surface area contributed by atoms with Gasteiger partial charge in [-0.05, 0) is 18.8 Å². The zero-order valence-electron chi connectivity index (χ0n) is 7.93. The highest BCUT2D eigenvalue weighted by Gasteiger charge is 2.41. The first-order valence-corrected chi connectivity index (χ1v) is 4.33. The highest BCUT2D eigenvalue weighted by Crippen LogP contribution is 2.27. The lowest BCUT2D eigenvalue weighted by Gasteiger charge is -2.30. The van der Waals surface area contributed by atoms with Gasteiger partial charge in [0, 0.05) is 13.7 Å². The summed E-state index contributed by atoms with van der Waals surface area (Å²) in [5, 5.41) is 2.49. The van der Waals surface area contributed by atoms with Gasteiger partial charge in [0.1, 0.15) is 6.04 Å². The second-order valence-electron chi connectivity index (χ2n) is 3.40. The Balaban J connectivity index is 0.00000169. The van der Waals surface area contributed by atoms with Gasteiger partial charge in [-0.15, -0.1) is 12.4 Å². The number of hydrogen-bond donors (Lipinski definition) is 1. The standard InChI is InChI=1S/C8H14F3NO.ClH/c1-13-5-6-2-3-7(12-4-6)8(9,10)11;/h6-7,12H,2-5H2,1H3;1H/t6-,7-;/m0./s1. The van der Waals surface area contributed by atoms with Gasteiger partial charge in [-0.1, -0.05) is 0 Å². The Kier molecular flexibility index (Phi) is 5.78. The van der Waals surface area contributed by atoms with Gasteiger partial charge in [0.25, 0.3) is 0 Å². The summed E-state index contributed by atoms with van der Waals surface area (Å²) in [5.41, 5.74) is 0. The van der Waals surface area contributed by atoms with Crippen molar-refractivity contribution in [1.29, 1.82) is 0 Å². The van der Waals surface area contributed by atoms with E-state index in [2.05, 4.69) is 5.32 Å². The zero-order chi connectivity index (χ0) is 9.90. The first kappa shape index (κ1) is 14.0. The molecule has 0 amide bonds. The van der Waals surface area contributed by atoms with Crippen LogP contribution in [0, 0.1) is 5.92 Å². The summed E-state index contributed by atoms with van der Waals surface area (Å²) < 4.78 is 41.4. The summed E-state index contributed by atoms with van der Waals surface area (Å²) in [5.74, 6) is 0.226. The minimum Gasteiger partial charge on any atom is -0.384 e. The monoisotopic (exact) mass is 233 g/mol. The highest BCUT2D eigenvalue weighted by molar-refractivity contribution is 5.85. The average molecular weight is 234 g/mol. The van der Waals surface area contributed by atoms with Crippen molar-refractivity contribution < 1.29 is 17.9 Å². The van der Waals surface area contributed by atoms with E-state index in [9.17, 15) is 13.2 Å². The first-order chi connectivity index (χ1) is 6.04. The van der Waals surface area contributed by atoms with Crippen molar-refractivity contribution >= 4 is 12.4 Å². The maximum Gasteiger partial charge on any atom is 0.403 e. The molecule has 1 saturated heterocycles. The molecular weight excluding hydrogens is 219 g/mol. The van der Waals surface area contributed by atoms with Crippen LogP contribution in [0.15, 0.2) is 0 Å². The van der Waals surface area contributed by atoms with Gasteiger partial charge in [-0.3, -0.25) is 0 Å². The maximum atomic E-state index is 12.2. The second-order valence-corrected chi connectivity index (χ2v) is 3.40. The van der Waals surface area contributed by atoms with Crippen LogP contribution in [-0.2, 0) is 4.74 Å². The quantitative estimate of drug-likeness (QED) is 0.788. The van der Waals surface area contributed by atoms with Crippen molar-refractivity contribution in [2.24, 2.45) is 5.92 Å². The molecule has 1 aliphatic rings. The van der Waals surface area contributed by atoms with Crippen LogP contribution in [0.1, 0.15) is 12.8 Å². The SMILES string of the molecule is COC[C@H]1CC[C@@H](C(F)(F)F)NC1.Cl. The fraction of sp³-hybridized carbons (Fsp3) is 1.00. The third-order valence-corrected chi connectivity index (χ3v) is 2.31. The largest absolute Gasteiger partial charge is 0.403 e. The molecule has 0 aromatic carbocycles. The minimum absolute atomic E-state index is 0. The number of halogens is 4. The van der Waals surface area contributed by atoms with Crippen LogP contribution in [0.2, 0.25) is 0 Å². The number of hydrogen-bond acceptors (Lipinski definition) is 2. The molecule has 14 heavy (non-hydrogen) atoms. The number of ether oxygens (including phenoxy) is 1. The molecule has 0 spiro atoms. The zero-order valence-corrected chi connectivity index (χ0v) is 8.75. The lowest BCUT2D eigenvalue weighted by molar-refractivity contribution is -0.162. The van der Waals surface area contributed by atoms with Crippen molar-refractivity contribution in [2.75, 3.05) is 20.3 Å². The summed E-state index contributed by atoms with van der Waals surface area (Å²) in [4.78, 5) is 0. The summed E-state index contributed by atoms with van der Waals surface area (Å²) >= 11 is 0. The fourth-order valence-electron chi connectivity index (χ4n) is 1.57. The van der Waals surface area contributed by atoms with Crippen LogP contribution in [0.3, 0.4) is 0 Å². The van der Waals surface area contributed by atoms with Crippen LogP contribution in [0.4, 0.5) is 13.2 Å². The smallest absolute Gasteiger partial charge is 0.384 e. The Bertz CT molecular complexity index is 157. The molecule has 0 aromatic heterocycles. The first-order valence-electron chi connectivity index (χ1n) is 4.33. The van der Waals surface area contributed by atoms with Crippen molar-refractivity contribution in [1.82, 2.24) is 5.32 Å². The van der Waals surface area contributed by atoms with Crippen LogP contribution >= 0.6 is 12.4 Å². The van der Waals surface area contributed by atoms with Crippen molar-refractivity contribution in [3.05, 3.63) is 0 Å². The van der Waals surface area contributed by atoms with Crippen LogP contribution in [0.5, 0.6) is 0 Å². The van der Waals surface area contributed by atoms with E-state index in [-0.39, 0.29) is 24.7 Å². The van der Waals surface area contributed by atoms with E-state index in [4.69, 9.17) is 4.74 Å². The Labute approximate surface area is 87.6 Å². The third-order valence-electron chi connectivity index (χ3n) is 2.31. The van der Waals surface area contributed by atoms with Gasteiger partial charge < -0.3 is 10.1 Å². The van der Waals surface area contributed by atoms with E-state index >= 15 is 0 Å². The number of nitrogens with one attached hydrogen (secondary N) is 1. The average Bonchev–Trinajstić information content (AvgIpc) is 2.04. The highest BCUT2D eigenvalue weighted by atomic mass is 35.5. The second kappa shape index (κ2) is 5.78. The molecule has 2 nitrogen and oxygen atoms in total. The lowest BCUT2D eigenvalue weighted by atomic mass is 9.95. The molecule has 86 valence electrons. The van der Waals surface area contributed by atoms with Gasteiger partial charge in [0.05, 0.1) is 6.61 Å². The molecule has 0 unspecified atom stereocenters. The molecule has 1 aliphatic heterocycles. The predicted octanol–water partition coefficient (Wildman–Crippen LogP) is 1.99. The molecule has 1 heterocycles.